The van der Waals surface area contributed by atoms with Crippen LogP contribution in [0.25, 0.3) is 0 Å². The third-order valence-corrected chi connectivity index (χ3v) is 6.29. The SMILES string of the molecule is C=C(C)[C@@H]1C[C@@H](C)[C@](C)([C@@H]2C[C@H]3CCO[C@H]3O2)[C@H](O)C1. The summed E-state index contributed by atoms with van der Waals surface area (Å²) in [5.74, 6) is 1.43. The lowest BCUT2D eigenvalue weighted by atomic mass is 9.59. The Hall–Kier alpha value is -0.380. The van der Waals surface area contributed by atoms with Crippen LogP contribution in [0.2, 0.25) is 0 Å². The van der Waals surface area contributed by atoms with Crippen molar-refractivity contribution in [3.63, 3.8) is 0 Å². The molecule has 2 saturated heterocycles. The van der Waals surface area contributed by atoms with Crippen LogP contribution in [0.5, 0.6) is 0 Å². The molecule has 0 bridgehead atoms. The van der Waals surface area contributed by atoms with E-state index in [0.29, 0.717) is 17.8 Å². The monoisotopic (exact) mass is 280 g/mol. The number of rotatable bonds is 2. The number of aliphatic hydroxyl groups is 1. The molecule has 0 aromatic heterocycles. The van der Waals surface area contributed by atoms with E-state index in [0.717, 1.165) is 32.3 Å². The van der Waals surface area contributed by atoms with Gasteiger partial charge in [0.15, 0.2) is 6.29 Å². The molecule has 1 aliphatic carbocycles. The third-order valence-electron chi connectivity index (χ3n) is 6.29. The van der Waals surface area contributed by atoms with Crippen LogP contribution >= 0.6 is 0 Å². The highest BCUT2D eigenvalue weighted by Crippen LogP contribution is 2.52. The highest BCUT2D eigenvalue weighted by molar-refractivity contribution is 5.08. The number of ether oxygens (including phenoxy) is 2. The van der Waals surface area contributed by atoms with Crippen LogP contribution in [0.1, 0.15) is 46.5 Å². The summed E-state index contributed by atoms with van der Waals surface area (Å²) in [7, 11) is 0. The number of fused-ring (bicyclic) bond motifs is 1. The van der Waals surface area contributed by atoms with Crippen LogP contribution in [0.4, 0.5) is 0 Å². The Balaban J connectivity index is 1.76. The third kappa shape index (κ3) is 2.15. The molecule has 0 unspecified atom stereocenters. The summed E-state index contributed by atoms with van der Waals surface area (Å²) in [6.45, 7) is 11.5. The molecule has 2 heterocycles. The van der Waals surface area contributed by atoms with E-state index in [-0.39, 0.29) is 23.9 Å². The Morgan fingerprint density at radius 2 is 2.05 bits per heavy atom. The van der Waals surface area contributed by atoms with Gasteiger partial charge in [-0.05, 0) is 44.4 Å². The molecule has 20 heavy (non-hydrogen) atoms. The number of hydrogen-bond donors (Lipinski definition) is 1. The molecule has 0 spiro atoms. The molecule has 2 aliphatic heterocycles. The van der Waals surface area contributed by atoms with Crippen molar-refractivity contribution in [2.24, 2.45) is 23.2 Å². The summed E-state index contributed by atoms with van der Waals surface area (Å²) >= 11 is 0. The van der Waals surface area contributed by atoms with Crippen LogP contribution in [-0.2, 0) is 9.47 Å². The van der Waals surface area contributed by atoms with Crippen molar-refractivity contribution in [3.05, 3.63) is 12.2 Å². The minimum absolute atomic E-state index is 0.0184. The molecule has 114 valence electrons. The molecule has 1 saturated carbocycles. The first kappa shape index (κ1) is 14.6. The second-order valence-corrected chi connectivity index (χ2v) is 7.45. The van der Waals surface area contributed by atoms with Gasteiger partial charge in [-0.3, -0.25) is 0 Å². The maximum Gasteiger partial charge on any atom is 0.160 e. The average molecular weight is 280 g/mol. The fourth-order valence-corrected chi connectivity index (χ4v) is 4.44. The van der Waals surface area contributed by atoms with E-state index >= 15 is 0 Å². The summed E-state index contributed by atoms with van der Waals surface area (Å²) in [5.41, 5.74) is 1.05. The van der Waals surface area contributed by atoms with E-state index < -0.39 is 0 Å². The summed E-state index contributed by atoms with van der Waals surface area (Å²) in [6.07, 6.45) is 3.89. The van der Waals surface area contributed by atoms with E-state index in [1.54, 1.807) is 0 Å². The van der Waals surface area contributed by atoms with Crippen LogP contribution < -0.4 is 0 Å². The zero-order valence-corrected chi connectivity index (χ0v) is 13.0. The van der Waals surface area contributed by atoms with E-state index in [9.17, 15) is 5.11 Å². The largest absolute Gasteiger partial charge is 0.392 e. The quantitative estimate of drug-likeness (QED) is 0.790. The minimum Gasteiger partial charge on any atom is -0.392 e. The Labute approximate surface area is 122 Å². The maximum atomic E-state index is 10.8. The van der Waals surface area contributed by atoms with E-state index in [1.165, 1.54) is 5.57 Å². The number of hydrogen-bond acceptors (Lipinski definition) is 3. The van der Waals surface area contributed by atoms with Crippen molar-refractivity contribution < 1.29 is 14.6 Å². The number of aliphatic hydroxyl groups excluding tert-OH is 1. The molecular formula is C17H28O3. The van der Waals surface area contributed by atoms with E-state index in [4.69, 9.17) is 9.47 Å². The van der Waals surface area contributed by atoms with Gasteiger partial charge in [0.1, 0.15) is 0 Å². The van der Waals surface area contributed by atoms with Gasteiger partial charge in [-0.1, -0.05) is 26.0 Å². The summed E-state index contributed by atoms with van der Waals surface area (Å²) in [4.78, 5) is 0. The Morgan fingerprint density at radius 3 is 2.65 bits per heavy atom. The van der Waals surface area contributed by atoms with Crippen molar-refractivity contribution >= 4 is 0 Å². The Bertz CT molecular complexity index is 368. The van der Waals surface area contributed by atoms with Gasteiger partial charge in [-0.2, -0.15) is 0 Å². The smallest absolute Gasteiger partial charge is 0.160 e. The molecular weight excluding hydrogens is 252 g/mol. The molecule has 0 aromatic carbocycles. The van der Waals surface area contributed by atoms with Crippen molar-refractivity contribution in [3.8, 4) is 0 Å². The van der Waals surface area contributed by atoms with Crippen molar-refractivity contribution in [1.29, 1.82) is 0 Å². The van der Waals surface area contributed by atoms with Crippen LogP contribution in [0.3, 0.4) is 0 Å². The van der Waals surface area contributed by atoms with Crippen molar-refractivity contribution in [2.45, 2.75) is 65.0 Å². The fraction of sp³-hybridized carbons (Fsp3) is 0.882. The molecule has 3 rings (SSSR count). The predicted molar refractivity (Wildman–Crippen MR) is 78.2 cm³/mol. The van der Waals surface area contributed by atoms with E-state index in [2.05, 4.69) is 27.4 Å². The molecule has 3 heteroatoms. The lowest BCUT2D eigenvalue weighted by Gasteiger charge is -2.50. The second-order valence-electron chi connectivity index (χ2n) is 7.45. The van der Waals surface area contributed by atoms with Gasteiger partial charge in [0.2, 0.25) is 0 Å². The second kappa shape index (κ2) is 5.11. The molecule has 0 radical (unpaired) electrons. The summed E-state index contributed by atoms with van der Waals surface area (Å²) in [5, 5.41) is 10.8. The highest BCUT2D eigenvalue weighted by atomic mass is 16.7. The topological polar surface area (TPSA) is 38.7 Å². The van der Waals surface area contributed by atoms with Crippen molar-refractivity contribution in [2.75, 3.05) is 6.61 Å². The maximum absolute atomic E-state index is 10.8. The van der Waals surface area contributed by atoms with Gasteiger partial charge in [0.25, 0.3) is 0 Å². The minimum atomic E-state index is -0.309. The van der Waals surface area contributed by atoms with Gasteiger partial charge in [-0.25, -0.2) is 0 Å². The molecule has 0 aromatic rings. The van der Waals surface area contributed by atoms with Gasteiger partial charge >= 0.3 is 0 Å². The normalized spacial score (nSPS) is 52.0. The standard InChI is InChI=1S/C17H28O3/c1-10(2)13-7-11(3)17(4,14(18)8-13)15-9-12-5-6-19-16(12)20-15/h11-16,18H,1,5-9H2,2-4H3/t11-,12-,13-,14-,15+,16+,17+/m1/s1. The molecule has 0 amide bonds. The van der Waals surface area contributed by atoms with Gasteiger partial charge in [0.05, 0.1) is 18.8 Å². The summed E-state index contributed by atoms with van der Waals surface area (Å²) in [6, 6.07) is 0. The first-order valence-corrected chi connectivity index (χ1v) is 8.03. The molecule has 7 atom stereocenters. The summed E-state index contributed by atoms with van der Waals surface area (Å²) < 4.78 is 11.8. The lowest BCUT2D eigenvalue weighted by Crippen LogP contribution is -2.52. The molecule has 3 aliphatic rings. The Kier molecular flexibility index (Phi) is 3.72. The molecule has 1 N–H and O–H groups in total. The predicted octanol–water partition coefficient (Wildman–Crippen LogP) is 3.13. The van der Waals surface area contributed by atoms with Crippen LogP contribution in [-0.4, -0.2) is 30.2 Å². The lowest BCUT2D eigenvalue weighted by molar-refractivity contribution is -0.186. The zero-order valence-electron chi connectivity index (χ0n) is 13.0. The number of allylic oxidation sites excluding steroid dienone is 1. The Morgan fingerprint density at radius 1 is 1.30 bits per heavy atom. The van der Waals surface area contributed by atoms with Gasteiger partial charge in [-0.15, -0.1) is 0 Å². The van der Waals surface area contributed by atoms with Crippen molar-refractivity contribution in [1.82, 2.24) is 0 Å². The molecule has 3 nitrogen and oxygen atoms in total. The van der Waals surface area contributed by atoms with Gasteiger partial charge in [0, 0.05) is 11.3 Å². The van der Waals surface area contributed by atoms with Crippen LogP contribution in [0, 0.1) is 23.2 Å². The fourth-order valence-electron chi connectivity index (χ4n) is 4.44. The first-order chi connectivity index (χ1) is 9.42. The van der Waals surface area contributed by atoms with Crippen LogP contribution in [0.15, 0.2) is 12.2 Å². The van der Waals surface area contributed by atoms with E-state index in [1.807, 2.05) is 0 Å². The van der Waals surface area contributed by atoms with Gasteiger partial charge < -0.3 is 14.6 Å². The first-order valence-electron chi connectivity index (χ1n) is 8.03. The highest BCUT2D eigenvalue weighted by Gasteiger charge is 2.54. The molecule has 3 fully saturated rings. The average Bonchev–Trinajstić information content (AvgIpc) is 2.95. The zero-order chi connectivity index (χ0) is 14.5.